The van der Waals surface area contributed by atoms with Gasteiger partial charge in [0.25, 0.3) is 0 Å². The maximum atomic E-state index is 13.2. The molecule has 2 aromatic carbocycles. The Hall–Kier alpha value is -1.89. The normalized spacial score (nSPS) is 21.9. The molecule has 0 aliphatic carbocycles. The number of sulfonamides is 1. The van der Waals surface area contributed by atoms with E-state index in [2.05, 4.69) is 0 Å². The maximum Gasteiger partial charge on any atom is 0.243 e. The van der Waals surface area contributed by atoms with Crippen LogP contribution < -0.4 is 4.74 Å². The molecule has 25 heavy (non-hydrogen) atoms. The molecule has 5 nitrogen and oxygen atoms in total. The molecule has 3 rings (SSSR count). The standard InChI is InChI=1S/C19H23NO4S/c1-14-9-10-17(13-18(14)23-3)25(21,22)20-11-12-24-19(15(20)2)16-7-5-4-6-8-16/h4-10,13,15,19H,11-12H2,1-3H3/t15-,19+/m1/s1. The predicted octanol–water partition coefficient (Wildman–Crippen LogP) is 3.15. The van der Waals surface area contributed by atoms with E-state index in [9.17, 15) is 8.42 Å². The molecule has 2 atom stereocenters. The van der Waals surface area contributed by atoms with Crippen molar-refractivity contribution in [2.75, 3.05) is 20.3 Å². The lowest BCUT2D eigenvalue weighted by Crippen LogP contribution is -2.48. The van der Waals surface area contributed by atoms with E-state index in [0.717, 1.165) is 11.1 Å². The van der Waals surface area contributed by atoms with Gasteiger partial charge >= 0.3 is 0 Å². The SMILES string of the molecule is COc1cc(S(=O)(=O)N2CCO[C@H](c3ccccc3)[C@H]2C)ccc1C. The molecule has 1 heterocycles. The van der Waals surface area contributed by atoms with E-state index < -0.39 is 10.0 Å². The lowest BCUT2D eigenvalue weighted by molar-refractivity contribution is -0.0361. The van der Waals surface area contributed by atoms with Crippen molar-refractivity contribution in [3.63, 3.8) is 0 Å². The second kappa shape index (κ2) is 7.15. The van der Waals surface area contributed by atoms with Crippen molar-refractivity contribution in [1.29, 1.82) is 0 Å². The van der Waals surface area contributed by atoms with Crippen LogP contribution in [0.25, 0.3) is 0 Å². The fourth-order valence-electron chi connectivity index (χ4n) is 3.22. The van der Waals surface area contributed by atoms with Crippen LogP contribution in [0.2, 0.25) is 0 Å². The molecule has 0 radical (unpaired) electrons. The highest BCUT2D eigenvalue weighted by Gasteiger charge is 2.38. The largest absolute Gasteiger partial charge is 0.496 e. The Labute approximate surface area is 149 Å². The van der Waals surface area contributed by atoms with Crippen molar-refractivity contribution < 1.29 is 17.9 Å². The van der Waals surface area contributed by atoms with Crippen LogP contribution >= 0.6 is 0 Å². The highest BCUT2D eigenvalue weighted by Crippen LogP contribution is 2.33. The summed E-state index contributed by atoms with van der Waals surface area (Å²) in [6.45, 7) is 4.48. The zero-order valence-corrected chi connectivity index (χ0v) is 15.5. The Morgan fingerprint density at radius 1 is 1.16 bits per heavy atom. The third-order valence-corrected chi connectivity index (χ3v) is 6.60. The van der Waals surface area contributed by atoms with Crippen LogP contribution in [0, 0.1) is 6.92 Å². The van der Waals surface area contributed by atoms with Gasteiger partial charge in [0, 0.05) is 12.6 Å². The molecule has 0 aromatic heterocycles. The summed E-state index contributed by atoms with van der Waals surface area (Å²) in [6.07, 6.45) is -0.280. The Morgan fingerprint density at radius 3 is 2.56 bits per heavy atom. The summed E-state index contributed by atoms with van der Waals surface area (Å²) in [7, 11) is -2.08. The first kappa shape index (κ1) is 17.9. The molecule has 1 aliphatic rings. The van der Waals surface area contributed by atoms with E-state index in [1.54, 1.807) is 25.3 Å². The molecule has 6 heteroatoms. The summed E-state index contributed by atoms with van der Waals surface area (Å²) in [5.74, 6) is 0.571. The lowest BCUT2D eigenvalue weighted by atomic mass is 10.0. The second-order valence-electron chi connectivity index (χ2n) is 6.19. The second-order valence-corrected chi connectivity index (χ2v) is 8.08. The molecule has 0 bridgehead atoms. The van der Waals surface area contributed by atoms with Gasteiger partial charge in [-0.15, -0.1) is 0 Å². The number of rotatable bonds is 4. The number of ether oxygens (including phenoxy) is 2. The van der Waals surface area contributed by atoms with Gasteiger partial charge in [-0.25, -0.2) is 8.42 Å². The van der Waals surface area contributed by atoms with E-state index >= 15 is 0 Å². The van der Waals surface area contributed by atoms with E-state index in [1.807, 2.05) is 44.2 Å². The molecule has 2 aromatic rings. The molecule has 0 unspecified atom stereocenters. The van der Waals surface area contributed by atoms with Gasteiger partial charge in [0.1, 0.15) is 5.75 Å². The fourth-order valence-corrected chi connectivity index (χ4v) is 4.85. The first-order valence-corrected chi connectivity index (χ1v) is 9.72. The summed E-state index contributed by atoms with van der Waals surface area (Å²) in [5.41, 5.74) is 1.88. The van der Waals surface area contributed by atoms with E-state index in [0.29, 0.717) is 18.9 Å². The minimum atomic E-state index is -3.63. The summed E-state index contributed by atoms with van der Waals surface area (Å²) in [6, 6.07) is 14.4. The minimum Gasteiger partial charge on any atom is -0.496 e. The third kappa shape index (κ3) is 3.42. The van der Waals surface area contributed by atoms with Crippen molar-refractivity contribution >= 4 is 10.0 Å². The quantitative estimate of drug-likeness (QED) is 0.839. The van der Waals surface area contributed by atoms with E-state index in [1.165, 1.54) is 4.31 Å². The van der Waals surface area contributed by atoms with Crippen molar-refractivity contribution in [2.24, 2.45) is 0 Å². The van der Waals surface area contributed by atoms with Crippen molar-refractivity contribution in [2.45, 2.75) is 30.9 Å². The fraction of sp³-hybridized carbons (Fsp3) is 0.368. The number of benzene rings is 2. The zero-order valence-electron chi connectivity index (χ0n) is 14.7. The molecule has 0 amide bonds. The Kier molecular flexibility index (Phi) is 5.13. The lowest BCUT2D eigenvalue weighted by Gasteiger charge is -2.38. The van der Waals surface area contributed by atoms with Gasteiger partial charge in [0.2, 0.25) is 10.0 Å². The van der Waals surface area contributed by atoms with Gasteiger partial charge in [0.05, 0.1) is 30.8 Å². The number of hydrogen-bond acceptors (Lipinski definition) is 4. The van der Waals surface area contributed by atoms with E-state index in [4.69, 9.17) is 9.47 Å². The van der Waals surface area contributed by atoms with Crippen LogP contribution in [0.5, 0.6) is 5.75 Å². The highest BCUT2D eigenvalue weighted by atomic mass is 32.2. The Bertz CT molecular complexity index is 836. The summed E-state index contributed by atoms with van der Waals surface area (Å²) >= 11 is 0. The van der Waals surface area contributed by atoms with Gasteiger partial charge in [-0.2, -0.15) is 4.31 Å². The first-order valence-electron chi connectivity index (χ1n) is 8.28. The predicted molar refractivity (Wildman–Crippen MR) is 96.2 cm³/mol. The molecule has 0 spiro atoms. The van der Waals surface area contributed by atoms with E-state index in [-0.39, 0.29) is 17.0 Å². The third-order valence-electron chi connectivity index (χ3n) is 4.62. The summed E-state index contributed by atoms with van der Waals surface area (Å²) in [4.78, 5) is 0.246. The van der Waals surface area contributed by atoms with Crippen LogP contribution in [0.15, 0.2) is 53.4 Å². The van der Waals surface area contributed by atoms with Crippen LogP contribution in [-0.2, 0) is 14.8 Å². The number of nitrogens with zero attached hydrogens (tertiary/aromatic N) is 1. The van der Waals surface area contributed by atoms with Crippen molar-refractivity contribution in [3.8, 4) is 5.75 Å². The maximum absolute atomic E-state index is 13.2. The summed E-state index contributed by atoms with van der Waals surface area (Å²) in [5, 5.41) is 0. The van der Waals surface area contributed by atoms with Gasteiger partial charge in [-0.05, 0) is 31.0 Å². The monoisotopic (exact) mass is 361 g/mol. The molecule has 1 saturated heterocycles. The zero-order chi connectivity index (χ0) is 18.0. The number of methoxy groups -OCH3 is 1. The summed E-state index contributed by atoms with van der Waals surface area (Å²) < 4.78 is 39.0. The molecule has 0 saturated carbocycles. The number of aryl methyl sites for hydroxylation is 1. The van der Waals surface area contributed by atoms with Gasteiger partial charge in [0.15, 0.2) is 0 Å². The van der Waals surface area contributed by atoms with Crippen LogP contribution in [-0.4, -0.2) is 39.0 Å². The van der Waals surface area contributed by atoms with Crippen LogP contribution in [0.1, 0.15) is 24.2 Å². The molecule has 1 fully saturated rings. The molecule has 1 aliphatic heterocycles. The minimum absolute atomic E-state index is 0.246. The van der Waals surface area contributed by atoms with Crippen molar-refractivity contribution in [3.05, 3.63) is 59.7 Å². The topological polar surface area (TPSA) is 55.8 Å². The molecule has 134 valence electrons. The molecular weight excluding hydrogens is 338 g/mol. The van der Waals surface area contributed by atoms with Gasteiger partial charge in [-0.3, -0.25) is 0 Å². The Balaban J connectivity index is 1.94. The van der Waals surface area contributed by atoms with Gasteiger partial charge in [-0.1, -0.05) is 36.4 Å². The molecule has 0 N–H and O–H groups in total. The van der Waals surface area contributed by atoms with Gasteiger partial charge < -0.3 is 9.47 Å². The van der Waals surface area contributed by atoms with Crippen LogP contribution in [0.3, 0.4) is 0 Å². The smallest absolute Gasteiger partial charge is 0.243 e. The Morgan fingerprint density at radius 2 is 1.88 bits per heavy atom. The molecular formula is C19H23NO4S. The first-order chi connectivity index (χ1) is 11.9. The van der Waals surface area contributed by atoms with Crippen molar-refractivity contribution in [1.82, 2.24) is 4.31 Å². The number of hydrogen-bond donors (Lipinski definition) is 0. The van der Waals surface area contributed by atoms with Crippen LogP contribution in [0.4, 0.5) is 0 Å². The highest BCUT2D eigenvalue weighted by molar-refractivity contribution is 7.89. The average molecular weight is 361 g/mol. The average Bonchev–Trinajstić information content (AvgIpc) is 2.62. The number of morpholine rings is 1.